The third kappa shape index (κ3) is 4.87. The smallest absolute Gasteiger partial charge is 0.343 e. The van der Waals surface area contributed by atoms with Crippen molar-refractivity contribution >= 4 is 23.8 Å². The van der Waals surface area contributed by atoms with Crippen LogP contribution in [0.4, 0.5) is 5.69 Å². The molecule has 0 aliphatic rings. The van der Waals surface area contributed by atoms with Crippen LogP contribution in [-0.4, -0.2) is 16.0 Å². The van der Waals surface area contributed by atoms with Gasteiger partial charge in [0, 0.05) is 12.1 Å². The third-order valence-corrected chi connectivity index (χ3v) is 4.36. The van der Waals surface area contributed by atoms with Gasteiger partial charge < -0.3 is 9.84 Å². The highest BCUT2D eigenvalue weighted by molar-refractivity contribution is 5.92. The van der Waals surface area contributed by atoms with E-state index >= 15 is 0 Å². The topological polar surface area (TPSA) is 89.7 Å². The van der Waals surface area contributed by atoms with Crippen LogP contribution in [0.3, 0.4) is 0 Å². The van der Waals surface area contributed by atoms with Gasteiger partial charge in [0.1, 0.15) is 11.5 Å². The van der Waals surface area contributed by atoms with Gasteiger partial charge in [0.2, 0.25) is 0 Å². The van der Waals surface area contributed by atoms with Crippen molar-refractivity contribution in [2.75, 3.05) is 0 Å². The molecular formula is C23H19NO5. The number of nitro benzene ring substituents is 1. The maximum absolute atomic E-state index is 12.4. The number of hydrogen-bond donors (Lipinski definition) is 1. The highest BCUT2D eigenvalue weighted by Gasteiger charge is 2.11. The number of benzene rings is 3. The second kappa shape index (κ2) is 8.39. The number of carbonyl (C=O) groups excluding carboxylic acids is 1. The van der Waals surface area contributed by atoms with Crippen LogP contribution in [-0.2, 0) is 0 Å². The summed E-state index contributed by atoms with van der Waals surface area (Å²) < 4.78 is 5.28. The Morgan fingerprint density at radius 1 is 0.966 bits per heavy atom. The summed E-state index contributed by atoms with van der Waals surface area (Å²) in [6.45, 7) is 3.68. The van der Waals surface area contributed by atoms with Gasteiger partial charge in [-0.2, -0.15) is 0 Å². The predicted octanol–water partition coefficient (Wildman–Crippen LogP) is 5.31. The number of phenols is 1. The van der Waals surface area contributed by atoms with E-state index in [-0.39, 0.29) is 17.2 Å². The Morgan fingerprint density at radius 3 is 2.21 bits per heavy atom. The first-order valence-electron chi connectivity index (χ1n) is 8.88. The highest BCUT2D eigenvalue weighted by Crippen LogP contribution is 2.24. The van der Waals surface area contributed by atoms with Gasteiger partial charge in [0.15, 0.2) is 0 Å². The molecule has 0 aliphatic heterocycles. The molecule has 0 aromatic heterocycles. The number of aromatic hydroxyl groups is 1. The van der Waals surface area contributed by atoms with E-state index in [1.807, 2.05) is 44.2 Å². The molecule has 0 atom stereocenters. The lowest BCUT2D eigenvalue weighted by molar-refractivity contribution is -0.384. The van der Waals surface area contributed by atoms with Gasteiger partial charge in [-0.15, -0.1) is 0 Å². The van der Waals surface area contributed by atoms with Crippen molar-refractivity contribution in [2.24, 2.45) is 0 Å². The number of esters is 1. The summed E-state index contributed by atoms with van der Waals surface area (Å²) in [5.74, 6) is -0.0276. The molecule has 0 spiro atoms. The average Bonchev–Trinajstić information content (AvgIpc) is 2.71. The van der Waals surface area contributed by atoms with Crippen molar-refractivity contribution in [2.45, 2.75) is 13.8 Å². The lowest BCUT2D eigenvalue weighted by atomic mass is 10.0. The molecule has 0 amide bonds. The summed E-state index contributed by atoms with van der Waals surface area (Å²) in [7, 11) is 0. The summed E-state index contributed by atoms with van der Waals surface area (Å²) in [6, 6.07) is 16.0. The van der Waals surface area contributed by atoms with Crippen molar-refractivity contribution in [1.29, 1.82) is 0 Å². The number of nitro groups is 1. The first-order chi connectivity index (χ1) is 13.8. The first-order valence-corrected chi connectivity index (χ1v) is 8.88. The van der Waals surface area contributed by atoms with Gasteiger partial charge in [-0.1, -0.05) is 24.3 Å². The van der Waals surface area contributed by atoms with Crippen LogP contribution in [0.15, 0.2) is 60.7 Å². The van der Waals surface area contributed by atoms with Crippen molar-refractivity contribution in [3.63, 3.8) is 0 Å². The lowest BCUT2D eigenvalue weighted by Crippen LogP contribution is -2.08. The number of rotatable bonds is 5. The van der Waals surface area contributed by atoms with Gasteiger partial charge in [-0.05, 0) is 72.5 Å². The number of nitrogens with zero attached hydrogens (tertiary/aromatic N) is 1. The maximum atomic E-state index is 12.4. The fourth-order valence-corrected chi connectivity index (χ4v) is 2.85. The molecule has 1 N–H and O–H groups in total. The van der Waals surface area contributed by atoms with Crippen LogP contribution in [0.5, 0.6) is 11.5 Å². The fourth-order valence-electron chi connectivity index (χ4n) is 2.85. The number of aryl methyl sites for hydroxylation is 2. The fraction of sp³-hybridized carbons (Fsp3) is 0.0870. The minimum Gasteiger partial charge on any atom is -0.507 e. The van der Waals surface area contributed by atoms with E-state index in [9.17, 15) is 20.0 Å². The zero-order chi connectivity index (χ0) is 21.0. The highest BCUT2D eigenvalue weighted by atomic mass is 16.6. The Hall–Kier alpha value is -3.93. The molecule has 0 fully saturated rings. The summed E-state index contributed by atoms with van der Waals surface area (Å²) >= 11 is 0. The maximum Gasteiger partial charge on any atom is 0.343 e. The van der Waals surface area contributed by atoms with Crippen LogP contribution >= 0.6 is 0 Å². The molecule has 0 saturated carbocycles. The normalized spacial score (nSPS) is 10.8. The number of hydrogen-bond acceptors (Lipinski definition) is 5. The Labute approximate surface area is 167 Å². The number of carbonyl (C=O) groups is 1. The molecule has 0 radical (unpaired) electrons. The largest absolute Gasteiger partial charge is 0.507 e. The van der Waals surface area contributed by atoms with Crippen molar-refractivity contribution < 1.29 is 19.6 Å². The van der Waals surface area contributed by atoms with Gasteiger partial charge >= 0.3 is 5.97 Å². The van der Waals surface area contributed by atoms with Crippen molar-refractivity contribution in [1.82, 2.24) is 0 Å². The van der Waals surface area contributed by atoms with Crippen molar-refractivity contribution in [3.05, 3.63) is 98.6 Å². The van der Waals surface area contributed by atoms with E-state index in [0.717, 1.165) is 22.3 Å². The Kier molecular flexibility index (Phi) is 5.74. The van der Waals surface area contributed by atoms with Crippen LogP contribution < -0.4 is 4.74 Å². The molecule has 0 unspecified atom stereocenters. The summed E-state index contributed by atoms with van der Waals surface area (Å²) in [5, 5.41) is 20.6. The molecule has 3 rings (SSSR count). The molecule has 0 saturated heterocycles. The van der Waals surface area contributed by atoms with E-state index in [4.69, 9.17) is 4.74 Å². The summed E-state index contributed by atoms with van der Waals surface area (Å²) in [4.78, 5) is 22.6. The van der Waals surface area contributed by atoms with E-state index in [2.05, 4.69) is 0 Å². The molecule has 29 heavy (non-hydrogen) atoms. The van der Waals surface area contributed by atoms with Crippen LogP contribution in [0, 0.1) is 24.0 Å². The minimum absolute atomic E-state index is 0.0726. The predicted molar refractivity (Wildman–Crippen MR) is 111 cm³/mol. The summed E-state index contributed by atoms with van der Waals surface area (Å²) in [6.07, 6.45) is 3.77. The SMILES string of the molecule is Cc1cc(/C=C/c2cccc(C(=O)Oc3ccc([N+](=O)[O-])cc3)c2)cc(C)c1O. The van der Waals surface area contributed by atoms with Gasteiger partial charge in [0.25, 0.3) is 5.69 Å². The monoisotopic (exact) mass is 389 g/mol. The molecule has 6 heteroatoms. The van der Waals surface area contributed by atoms with Crippen LogP contribution in [0.2, 0.25) is 0 Å². The summed E-state index contributed by atoms with van der Waals surface area (Å²) in [5.41, 5.74) is 3.64. The van der Waals surface area contributed by atoms with Crippen LogP contribution in [0.25, 0.3) is 12.2 Å². The Balaban J connectivity index is 1.75. The molecule has 6 nitrogen and oxygen atoms in total. The lowest BCUT2D eigenvalue weighted by Gasteiger charge is -2.06. The van der Waals surface area contributed by atoms with Crippen molar-refractivity contribution in [3.8, 4) is 11.5 Å². The molecular weight excluding hydrogens is 370 g/mol. The average molecular weight is 389 g/mol. The van der Waals surface area contributed by atoms with E-state index < -0.39 is 10.9 Å². The van der Waals surface area contributed by atoms with E-state index in [0.29, 0.717) is 5.56 Å². The quantitative estimate of drug-likeness (QED) is 0.210. The third-order valence-electron chi connectivity index (χ3n) is 4.36. The molecule has 0 bridgehead atoms. The van der Waals surface area contributed by atoms with Gasteiger partial charge in [-0.25, -0.2) is 4.79 Å². The minimum atomic E-state index is -0.551. The number of ether oxygens (including phenoxy) is 1. The number of phenolic OH excluding ortho intramolecular Hbond substituents is 1. The number of non-ortho nitro benzene ring substituents is 1. The molecule has 3 aromatic carbocycles. The Bertz CT molecular complexity index is 1080. The zero-order valence-corrected chi connectivity index (χ0v) is 16.0. The van der Waals surface area contributed by atoms with E-state index in [1.54, 1.807) is 18.2 Å². The van der Waals surface area contributed by atoms with Gasteiger partial charge in [0.05, 0.1) is 10.5 Å². The zero-order valence-electron chi connectivity index (χ0n) is 16.0. The molecule has 3 aromatic rings. The molecule has 0 aliphatic carbocycles. The van der Waals surface area contributed by atoms with Gasteiger partial charge in [-0.3, -0.25) is 10.1 Å². The first kappa shape index (κ1) is 19.8. The second-order valence-corrected chi connectivity index (χ2v) is 6.60. The second-order valence-electron chi connectivity index (χ2n) is 6.60. The Morgan fingerprint density at radius 2 is 1.59 bits per heavy atom. The van der Waals surface area contributed by atoms with E-state index in [1.165, 1.54) is 24.3 Å². The van der Waals surface area contributed by atoms with Crippen LogP contribution in [0.1, 0.15) is 32.6 Å². The standard InChI is InChI=1S/C23H19NO5/c1-15-12-18(13-16(2)22(15)25)7-6-17-4-3-5-19(14-17)23(26)29-21-10-8-20(9-11-21)24(27)28/h3-14,25H,1-2H3/b7-6+. The molecule has 146 valence electrons. The molecule has 0 heterocycles.